The topological polar surface area (TPSA) is 46.3 Å². The fraction of sp³-hybridized carbons (Fsp3) is 0.250. The summed E-state index contributed by atoms with van der Waals surface area (Å²) < 4.78 is 0. The number of nitrogens with two attached hydrogens (primary N) is 1. The molecule has 0 unspecified atom stereocenters. The summed E-state index contributed by atoms with van der Waals surface area (Å²) in [4.78, 5) is 13.7. The minimum absolute atomic E-state index is 0.123. The summed E-state index contributed by atoms with van der Waals surface area (Å²) in [6.07, 6.45) is 1.68. The zero-order chi connectivity index (χ0) is 12.1. The van der Waals surface area contributed by atoms with Gasteiger partial charge in [-0.05, 0) is 19.1 Å². The molecule has 0 aliphatic carbocycles. The van der Waals surface area contributed by atoms with Gasteiger partial charge in [0.05, 0.1) is 16.3 Å². The number of nitrogens with zero attached hydrogens (tertiary/aromatic N) is 1. The van der Waals surface area contributed by atoms with Gasteiger partial charge in [-0.15, -0.1) is 6.58 Å². The van der Waals surface area contributed by atoms with Crippen LogP contribution in [0.25, 0.3) is 0 Å². The Morgan fingerprint density at radius 1 is 1.62 bits per heavy atom. The largest absolute Gasteiger partial charge is 0.397 e. The molecule has 0 saturated carbocycles. The molecule has 0 heterocycles. The molecule has 0 aliphatic heterocycles. The Morgan fingerprint density at radius 2 is 2.31 bits per heavy atom. The molecule has 0 aromatic heterocycles. The highest BCUT2D eigenvalue weighted by Crippen LogP contribution is 2.23. The predicted molar refractivity (Wildman–Crippen MR) is 67.6 cm³/mol. The van der Waals surface area contributed by atoms with Crippen molar-refractivity contribution in [1.29, 1.82) is 0 Å². The first-order valence-corrected chi connectivity index (χ1v) is 5.43. The van der Waals surface area contributed by atoms with Crippen LogP contribution in [-0.2, 0) is 0 Å². The Bertz CT molecular complexity index is 404. The molecule has 1 amide bonds. The molecule has 1 rings (SSSR count). The Labute approximate surface area is 100 Å². The van der Waals surface area contributed by atoms with Gasteiger partial charge in [0.25, 0.3) is 5.91 Å². The number of carbonyl (C=O) groups excluding carboxylic acids is 1. The number of rotatable bonds is 4. The van der Waals surface area contributed by atoms with E-state index in [-0.39, 0.29) is 5.91 Å². The molecule has 2 N–H and O–H groups in total. The molecule has 0 radical (unpaired) electrons. The van der Waals surface area contributed by atoms with E-state index in [1.807, 2.05) is 6.92 Å². The van der Waals surface area contributed by atoms with Crippen molar-refractivity contribution in [2.75, 3.05) is 18.8 Å². The summed E-state index contributed by atoms with van der Waals surface area (Å²) in [5.41, 5.74) is 6.54. The van der Waals surface area contributed by atoms with Gasteiger partial charge < -0.3 is 10.6 Å². The van der Waals surface area contributed by atoms with Crippen molar-refractivity contribution in [2.24, 2.45) is 0 Å². The number of amides is 1. The SMILES string of the molecule is C=CCN(CC)C(=O)c1cccc(Cl)c1N. The number of hydrogen-bond acceptors (Lipinski definition) is 2. The highest BCUT2D eigenvalue weighted by Gasteiger charge is 2.16. The molecule has 0 saturated heterocycles. The smallest absolute Gasteiger partial charge is 0.256 e. The minimum atomic E-state index is -0.123. The zero-order valence-electron chi connectivity index (χ0n) is 9.24. The molecule has 3 nitrogen and oxygen atoms in total. The van der Waals surface area contributed by atoms with E-state index in [4.69, 9.17) is 17.3 Å². The second-order valence-corrected chi connectivity index (χ2v) is 3.74. The van der Waals surface area contributed by atoms with Crippen LogP contribution in [0.5, 0.6) is 0 Å². The lowest BCUT2D eigenvalue weighted by atomic mass is 10.1. The summed E-state index contributed by atoms with van der Waals surface area (Å²) in [7, 11) is 0. The van der Waals surface area contributed by atoms with E-state index in [0.717, 1.165) is 0 Å². The summed E-state index contributed by atoms with van der Waals surface area (Å²) in [6.45, 7) is 6.63. The maximum Gasteiger partial charge on any atom is 0.256 e. The molecular weight excluding hydrogens is 224 g/mol. The van der Waals surface area contributed by atoms with E-state index in [0.29, 0.717) is 29.4 Å². The maximum absolute atomic E-state index is 12.1. The van der Waals surface area contributed by atoms with Crippen LogP contribution in [0, 0.1) is 0 Å². The number of anilines is 1. The Hall–Kier alpha value is -1.48. The zero-order valence-corrected chi connectivity index (χ0v) is 10.00. The molecule has 86 valence electrons. The monoisotopic (exact) mass is 238 g/mol. The van der Waals surface area contributed by atoms with Crippen LogP contribution in [0.4, 0.5) is 5.69 Å². The Balaban J connectivity index is 3.03. The summed E-state index contributed by atoms with van der Waals surface area (Å²) in [5, 5.41) is 0.403. The van der Waals surface area contributed by atoms with E-state index in [1.54, 1.807) is 29.2 Å². The molecule has 1 aromatic rings. The Morgan fingerprint density at radius 3 is 2.88 bits per heavy atom. The van der Waals surface area contributed by atoms with Crippen LogP contribution < -0.4 is 5.73 Å². The predicted octanol–water partition coefficient (Wildman–Crippen LogP) is 2.57. The van der Waals surface area contributed by atoms with Gasteiger partial charge in [0.15, 0.2) is 0 Å². The lowest BCUT2D eigenvalue weighted by Crippen LogP contribution is -2.31. The third-order valence-electron chi connectivity index (χ3n) is 2.30. The van der Waals surface area contributed by atoms with Gasteiger partial charge in [0.2, 0.25) is 0 Å². The van der Waals surface area contributed by atoms with Gasteiger partial charge >= 0.3 is 0 Å². The van der Waals surface area contributed by atoms with Crippen molar-refractivity contribution in [3.05, 3.63) is 41.4 Å². The second kappa shape index (κ2) is 5.56. The highest BCUT2D eigenvalue weighted by atomic mass is 35.5. The number of likely N-dealkylation sites (N-methyl/N-ethyl adjacent to an activating group) is 1. The first-order chi connectivity index (χ1) is 7.61. The average molecular weight is 239 g/mol. The van der Waals surface area contributed by atoms with Crippen LogP contribution >= 0.6 is 11.6 Å². The van der Waals surface area contributed by atoms with Gasteiger partial charge in [-0.1, -0.05) is 23.7 Å². The van der Waals surface area contributed by atoms with Crippen molar-refractivity contribution in [3.63, 3.8) is 0 Å². The van der Waals surface area contributed by atoms with E-state index >= 15 is 0 Å². The molecule has 16 heavy (non-hydrogen) atoms. The summed E-state index contributed by atoms with van der Waals surface area (Å²) in [5.74, 6) is -0.123. The van der Waals surface area contributed by atoms with Gasteiger partial charge in [0.1, 0.15) is 0 Å². The van der Waals surface area contributed by atoms with Crippen LogP contribution in [0.3, 0.4) is 0 Å². The van der Waals surface area contributed by atoms with Crippen molar-refractivity contribution in [1.82, 2.24) is 4.90 Å². The number of para-hydroxylation sites is 1. The first kappa shape index (κ1) is 12.6. The van der Waals surface area contributed by atoms with E-state index in [2.05, 4.69) is 6.58 Å². The van der Waals surface area contributed by atoms with E-state index < -0.39 is 0 Å². The quantitative estimate of drug-likeness (QED) is 0.647. The first-order valence-electron chi connectivity index (χ1n) is 5.06. The molecular formula is C12H15ClN2O. The van der Waals surface area contributed by atoms with E-state index in [1.165, 1.54) is 0 Å². The fourth-order valence-electron chi connectivity index (χ4n) is 1.41. The van der Waals surface area contributed by atoms with Crippen molar-refractivity contribution in [2.45, 2.75) is 6.92 Å². The lowest BCUT2D eigenvalue weighted by molar-refractivity contribution is 0.0783. The van der Waals surface area contributed by atoms with Crippen LogP contribution in [0.2, 0.25) is 5.02 Å². The molecule has 0 spiro atoms. The number of nitrogen functional groups attached to an aromatic ring is 1. The third-order valence-corrected chi connectivity index (χ3v) is 2.63. The molecule has 1 aromatic carbocycles. The minimum Gasteiger partial charge on any atom is -0.397 e. The Kier molecular flexibility index (Phi) is 4.38. The third kappa shape index (κ3) is 2.55. The van der Waals surface area contributed by atoms with Gasteiger partial charge in [-0.3, -0.25) is 4.79 Å². The van der Waals surface area contributed by atoms with Crippen molar-refractivity contribution in [3.8, 4) is 0 Å². The highest BCUT2D eigenvalue weighted by molar-refractivity contribution is 6.33. The van der Waals surface area contributed by atoms with Crippen LogP contribution in [0.1, 0.15) is 17.3 Å². The van der Waals surface area contributed by atoms with Gasteiger partial charge in [0, 0.05) is 13.1 Å². The van der Waals surface area contributed by atoms with Gasteiger partial charge in [-0.2, -0.15) is 0 Å². The maximum atomic E-state index is 12.1. The lowest BCUT2D eigenvalue weighted by Gasteiger charge is -2.20. The van der Waals surface area contributed by atoms with Crippen LogP contribution in [0.15, 0.2) is 30.9 Å². The standard InChI is InChI=1S/C12H15ClN2O/c1-3-8-15(4-2)12(16)9-6-5-7-10(13)11(9)14/h3,5-7H,1,4,8,14H2,2H3. The van der Waals surface area contributed by atoms with Gasteiger partial charge in [-0.25, -0.2) is 0 Å². The second-order valence-electron chi connectivity index (χ2n) is 3.33. The average Bonchev–Trinajstić information content (AvgIpc) is 2.29. The van der Waals surface area contributed by atoms with Crippen LogP contribution in [-0.4, -0.2) is 23.9 Å². The molecule has 4 heteroatoms. The molecule has 0 atom stereocenters. The van der Waals surface area contributed by atoms with E-state index in [9.17, 15) is 4.79 Å². The summed E-state index contributed by atoms with van der Waals surface area (Å²) >= 11 is 5.87. The normalized spacial score (nSPS) is 9.88. The number of hydrogen-bond donors (Lipinski definition) is 1. The fourth-order valence-corrected chi connectivity index (χ4v) is 1.58. The summed E-state index contributed by atoms with van der Waals surface area (Å²) in [6, 6.07) is 5.06. The number of halogens is 1. The number of benzene rings is 1. The van der Waals surface area contributed by atoms with Crippen molar-refractivity contribution < 1.29 is 4.79 Å². The molecule has 0 fully saturated rings. The molecule has 0 aliphatic rings. The number of carbonyl (C=O) groups is 1. The molecule has 0 bridgehead atoms. The van der Waals surface area contributed by atoms with Crippen molar-refractivity contribution >= 4 is 23.2 Å².